The predicted molar refractivity (Wildman–Crippen MR) is 105 cm³/mol. The van der Waals surface area contributed by atoms with Crippen LogP contribution in [0.5, 0.6) is 0 Å². The van der Waals surface area contributed by atoms with Crippen LogP contribution in [0.1, 0.15) is 11.3 Å². The van der Waals surface area contributed by atoms with E-state index >= 15 is 0 Å². The summed E-state index contributed by atoms with van der Waals surface area (Å²) in [6, 6.07) is 15.4. The molecule has 0 unspecified atom stereocenters. The van der Waals surface area contributed by atoms with Crippen LogP contribution >= 0.6 is 22.9 Å². The molecule has 0 bridgehead atoms. The summed E-state index contributed by atoms with van der Waals surface area (Å²) < 4.78 is 25.3. The van der Waals surface area contributed by atoms with Crippen molar-refractivity contribution in [2.75, 3.05) is 0 Å². The Morgan fingerprint density at radius 2 is 1.81 bits per heavy atom. The molecule has 0 N–H and O–H groups in total. The molecule has 0 fully saturated rings. The van der Waals surface area contributed by atoms with Crippen molar-refractivity contribution in [2.24, 2.45) is 0 Å². The van der Waals surface area contributed by atoms with Crippen molar-refractivity contribution in [2.45, 2.75) is 11.8 Å². The Kier molecular flexibility index (Phi) is 5.23. The standard InChI is InChI=1S/C19H13ClN2O2S2/c1-13-2-8-17(9-3-13)26(23,24)18(11-21)10-16-12-25-19(22-16)14-4-6-15(20)7-5-14/h2-10,12H,1H3/b18-10+. The van der Waals surface area contributed by atoms with Gasteiger partial charge in [0.25, 0.3) is 0 Å². The molecule has 4 nitrogen and oxygen atoms in total. The summed E-state index contributed by atoms with van der Waals surface area (Å²) in [5.74, 6) is 0. The summed E-state index contributed by atoms with van der Waals surface area (Å²) >= 11 is 7.25. The third-order valence-electron chi connectivity index (χ3n) is 3.62. The molecule has 1 heterocycles. The lowest BCUT2D eigenvalue weighted by atomic mass is 10.2. The molecule has 0 aliphatic rings. The van der Waals surface area contributed by atoms with Crippen molar-refractivity contribution in [3.8, 4) is 16.6 Å². The number of nitrogens with zero attached hydrogens (tertiary/aromatic N) is 2. The molecule has 26 heavy (non-hydrogen) atoms. The van der Waals surface area contributed by atoms with Crippen LogP contribution in [-0.2, 0) is 9.84 Å². The first kappa shape index (κ1) is 18.3. The van der Waals surface area contributed by atoms with E-state index in [-0.39, 0.29) is 9.80 Å². The lowest BCUT2D eigenvalue weighted by Crippen LogP contribution is -2.03. The number of halogens is 1. The molecule has 0 saturated heterocycles. The van der Waals surface area contributed by atoms with Crippen LogP contribution in [0.3, 0.4) is 0 Å². The van der Waals surface area contributed by atoms with Crippen LogP contribution in [0.2, 0.25) is 5.02 Å². The average molecular weight is 401 g/mol. The van der Waals surface area contributed by atoms with Gasteiger partial charge in [-0.05, 0) is 37.3 Å². The van der Waals surface area contributed by atoms with Gasteiger partial charge in [-0.2, -0.15) is 5.26 Å². The SMILES string of the molecule is Cc1ccc(S(=O)(=O)/C(C#N)=C/c2csc(-c3ccc(Cl)cc3)n2)cc1. The molecule has 0 atom stereocenters. The van der Waals surface area contributed by atoms with E-state index in [1.165, 1.54) is 29.5 Å². The monoisotopic (exact) mass is 400 g/mol. The van der Waals surface area contributed by atoms with E-state index in [4.69, 9.17) is 11.6 Å². The average Bonchev–Trinajstić information content (AvgIpc) is 3.09. The lowest BCUT2D eigenvalue weighted by molar-refractivity contribution is 0.603. The normalized spacial score (nSPS) is 12.0. The molecule has 0 aliphatic carbocycles. The van der Waals surface area contributed by atoms with Gasteiger partial charge in [-0.3, -0.25) is 0 Å². The molecule has 0 radical (unpaired) electrons. The number of aromatic nitrogens is 1. The van der Waals surface area contributed by atoms with Gasteiger partial charge in [-0.1, -0.05) is 41.4 Å². The summed E-state index contributed by atoms with van der Waals surface area (Å²) in [5, 5.41) is 12.4. The van der Waals surface area contributed by atoms with Crippen LogP contribution in [0, 0.1) is 18.3 Å². The zero-order valence-electron chi connectivity index (χ0n) is 13.7. The Labute approximate surface area is 160 Å². The highest BCUT2D eigenvalue weighted by Crippen LogP contribution is 2.27. The van der Waals surface area contributed by atoms with E-state index in [9.17, 15) is 13.7 Å². The fraction of sp³-hybridized carbons (Fsp3) is 0.0526. The fourth-order valence-electron chi connectivity index (χ4n) is 2.23. The van der Waals surface area contributed by atoms with Gasteiger partial charge in [-0.15, -0.1) is 11.3 Å². The second-order valence-corrected chi connectivity index (χ2v) is 8.73. The van der Waals surface area contributed by atoms with Gasteiger partial charge >= 0.3 is 0 Å². The number of nitriles is 1. The number of benzene rings is 2. The number of hydrogen-bond acceptors (Lipinski definition) is 5. The minimum Gasteiger partial charge on any atom is -0.237 e. The molecule has 0 amide bonds. The van der Waals surface area contributed by atoms with E-state index in [0.29, 0.717) is 10.7 Å². The van der Waals surface area contributed by atoms with Crippen molar-refractivity contribution in [1.29, 1.82) is 5.26 Å². The molecule has 0 saturated carbocycles. The quantitative estimate of drug-likeness (QED) is 0.570. The zero-order chi connectivity index (χ0) is 18.7. The van der Waals surface area contributed by atoms with Crippen LogP contribution in [0.4, 0.5) is 0 Å². The van der Waals surface area contributed by atoms with Crippen molar-refractivity contribution >= 4 is 38.9 Å². The van der Waals surface area contributed by atoms with Crippen LogP contribution < -0.4 is 0 Å². The van der Waals surface area contributed by atoms with Gasteiger partial charge in [0.05, 0.1) is 10.6 Å². The minimum absolute atomic E-state index is 0.0871. The maximum Gasteiger partial charge on any atom is 0.216 e. The maximum absolute atomic E-state index is 12.7. The summed E-state index contributed by atoms with van der Waals surface area (Å²) in [6.45, 7) is 1.87. The molecular weight excluding hydrogens is 388 g/mol. The smallest absolute Gasteiger partial charge is 0.216 e. The van der Waals surface area contributed by atoms with Gasteiger partial charge < -0.3 is 0 Å². The number of aryl methyl sites for hydroxylation is 1. The van der Waals surface area contributed by atoms with E-state index in [1.807, 2.05) is 19.1 Å². The van der Waals surface area contributed by atoms with Gasteiger partial charge in [0.15, 0.2) is 4.91 Å². The maximum atomic E-state index is 12.7. The minimum atomic E-state index is -3.88. The highest BCUT2D eigenvalue weighted by molar-refractivity contribution is 7.95. The molecule has 2 aromatic carbocycles. The first-order valence-electron chi connectivity index (χ1n) is 7.55. The van der Waals surface area contributed by atoms with Crippen molar-refractivity contribution in [3.63, 3.8) is 0 Å². The topological polar surface area (TPSA) is 70.8 Å². The first-order valence-corrected chi connectivity index (χ1v) is 10.3. The third kappa shape index (κ3) is 3.86. The Morgan fingerprint density at radius 1 is 1.15 bits per heavy atom. The molecule has 130 valence electrons. The first-order chi connectivity index (χ1) is 12.4. The van der Waals surface area contributed by atoms with Gasteiger partial charge in [0.2, 0.25) is 9.84 Å². The zero-order valence-corrected chi connectivity index (χ0v) is 16.1. The highest BCUT2D eigenvalue weighted by atomic mass is 35.5. The van der Waals surface area contributed by atoms with Crippen molar-refractivity contribution < 1.29 is 8.42 Å². The molecule has 7 heteroatoms. The number of allylic oxidation sites excluding steroid dienone is 1. The fourth-order valence-corrected chi connectivity index (χ4v) is 4.28. The Morgan fingerprint density at radius 3 is 2.42 bits per heavy atom. The summed E-state index contributed by atoms with van der Waals surface area (Å²) in [4.78, 5) is 4.15. The largest absolute Gasteiger partial charge is 0.237 e. The predicted octanol–water partition coefficient (Wildman–Crippen LogP) is 5.11. The van der Waals surface area contributed by atoms with E-state index in [2.05, 4.69) is 4.98 Å². The lowest BCUT2D eigenvalue weighted by Gasteiger charge is -2.03. The van der Waals surface area contributed by atoms with Crippen LogP contribution in [0.25, 0.3) is 16.6 Å². The molecule has 3 aromatic rings. The van der Waals surface area contributed by atoms with Gasteiger partial charge in [0.1, 0.15) is 11.1 Å². The Hall–Kier alpha value is -2.46. The van der Waals surface area contributed by atoms with Gasteiger partial charge in [-0.25, -0.2) is 13.4 Å². The Bertz CT molecular complexity index is 1110. The highest BCUT2D eigenvalue weighted by Gasteiger charge is 2.21. The molecule has 3 rings (SSSR count). The molecule has 0 aliphatic heterocycles. The van der Waals surface area contributed by atoms with Gasteiger partial charge in [0, 0.05) is 16.0 Å². The summed E-state index contributed by atoms with van der Waals surface area (Å²) in [6.07, 6.45) is 1.30. The Balaban J connectivity index is 1.96. The van der Waals surface area contributed by atoms with E-state index in [0.717, 1.165) is 16.1 Å². The molecule has 1 aromatic heterocycles. The molecule has 0 spiro atoms. The van der Waals surface area contributed by atoms with Crippen LogP contribution in [0.15, 0.2) is 63.7 Å². The molecular formula is C19H13ClN2O2S2. The van der Waals surface area contributed by atoms with E-state index < -0.39 is 9.84 Å². The van der Waals surface area contributed by atoms with Crippen LogP contribution in [-0.4, -0.2) is 13.4 Å². The number of rotatable bonds is 4. The summed E-state index contributed by atoms with van der Waals surface area (Å²) in [5.41, 5.74) is 2.24. The second-order valence-electron chi connectivity index (χ2n) is 5.52. The number of thiazole rings is 1. The van der Waals surface area contributed by atoms with Crippen molar-refractivity contribution in [3.05, 3.63) is 75.1 Å². The summed E-state index contributed by atoms with van der Waals surface area (Å²) in [7, 11) is -3.88. The van der Waals surface area contributed by atoms with E-state index in [1.54, 1.807) is 35.7 Å². The number of hydrogen-bond donors (Lipinski definition) is 0. The second kappa shape index (κ2) is 7.42. The number of sulfone groups is 1. The van der Waals surface area contributed by atoms with Crippen molar-refractivity contribution in [1.82, 2.24) is 4.98 Å². The third-order valence-corrected chi connectivity index (χ3v) is 6.47.